The monoisotopic (exact) mass is 385 g/mol. The minimum absolute atomic E-state index is 0.296. The van der Waals surface area contributed by atoms with Crippen LogP contribution in [0.25, 0.3) is 0 Å². The van der Waals surface area contributed by atoms with E-state index in [2.05, 4.69) is 45.1 Å². The van der Waals surface area contributed by atoms with E-state index in [1.165, 1.54) is 0 Å². The van der Waals surface area contributed by atoms with E-state index in [0.717, 1.165) is 68.7 Å². The molecule has 0 saturated heterocycles. The van der Waals surface area contributed by atoms with Crippen molar-refractivity contribution in [2.24, 2.45) is 4.99 Å². The van der Waals surface area contributed by atoms with Gasteiger partial charge in [0.25, 0.3) is 0 Å². The van der Waals surface area contributed by atoms with Gasteiger partial charge in [0, 0.05) is 44.9 Å². The van der Waals surface area contributed by atoms with Crippen LogP contribution < -0.4 is 16.0 Å². The van der Waals surface area contributed by atoms with Crippen molar-refractivity contribution in [1.29, 1.82) is 0 Å². The van der Waals surface area contributed by atoms with Crippen molar-refractivity contribution in [3.63, 3.8) is 0 Å². The standard InChI is InChI=1S/C20H31N7O/c1-3-21-20(23-13-7-12-22-16-8-5-4-6-9-16)24-17-10-11-19-25-18(15-28-2)26-27(19)14-17/h4-6,8-9,17,22H,3,7,10-15H2,1-2H3,(H2,21,23,24). The van der Waals surface area contributed by atoms with Crippen molar-refractivity contribution in [2.75, 3.05) is 32.1 Å². The van der Waals surface area contributed by atoms with Gasteiger partial charge in [0.15, 0.2) is 11.8 Å². The zero-order valence-electron chi connectivity index (χ0n) is 16.8. The Bertz CT molecular complexity index is 744. The largest absolute Gasteiger partial charge is 0.385 e. The van der Waals surface area contributed by atoms with E-state index in [1.807, 2.05) is 22.9 Å². The molecule has 152 valence electrons. The molecule has 1 atom stereocenters. The Balaban J connectivity index is 1.46. The summed E-state index contributed by atoms with van der Waals surface area (Å²) in [5.74, 6) is 2.66. The van der Waals surface area contributed by atoms with Crippen molar-refractivity contribution < 1.29 is 4.74 Å². The van der Waals surface area contributed by atoms with E-state index in [-0.39, 0.29) is 0 Å². The number of hydrogen-bond acceptors (Lipinski definition) is 5. The number of ether oxygens (including phenoxy) is 1. The van der Waals surface area contributed by atoms with Crippen LogP contribution in [-0.4, -0.2) is 53.5 Å². The Hall–Kier alpha value is -2.61. The van der Waals surface area contributed by atoms with Crippen molar-refractivity contribution in [2.45, 2.75) is 45.4 Å². The van der Waals surface area contributed by atoms with Gasteiger partial charge in [-0.15, -0.1) is 0 Å². The molecule has 0 saturated carbocycles. The summed E-state index contributed by atoms with van der Waals surface area (Å²) in [6, 6.07) is 10.6. The second kappa shape index (κ2) is 10.7. The Morgan fingerprint density at radius 1 is 1.32 bits per heavy atom. The number of aryl methyl sites for hydroxylation is 1. The molecule has 28 heavy (non-hydrogen) atoms. The van der Waals surface area contributed by atoms with Crippen LogP contribution >= 0.6 is 0 Å². The minimum atomic E-state index is 0.296. The highest BCUT2D eigenvalue weighted by Crippen LogP contribution is 2.13. The second-order valence-corrected chi connectivity index (χ2v) is 6.85. The zero-order chi connectivity index (χ0) is 19.6. The van der Waals surface area contributed by atoms with Crippen LogP contribution in [0.15, 0.2) is 35.3 Å². The molecule has 0 spiro atoms. The Labute approximate surface area is 166 Å². The first-order valence-electron chi connectivity index (χ1n) is 10.0. The summed E-state index contributed by atoms with van der Waals surface area (Å²) in [6.45, 7) is 5.86. The lowest BCUT2D eigenvalue weighted by Crippen LogP contribution is -2.47. The molecule has 0 bridgehead atoms. The van der Waals surface area contributed by atoms with E-state index in [4.69, 9.17) is 9.73 Å². The average Bonchev–Trinajstić information content (AvgIpc) is 3.10. The molecule has 2 heterocycles. The van der Waals surface area contributed by atoms with Gasteiger partial charge in [0.1, 0.15) is 12.4 Å². The normalized spacial score (nSPS) is 16.5. The van der Waals surface area contributed by atoms with Gasteiger partial charge < -0.3 is 20.7 Å². The number of methoxy groups -OCH3 is 1. The van der Waals surface area contributed by atoms with Gasteiger partial charge in [-0.2, -0.15) is 5.10 Å². The van der Waals surface area contributed by atoms with Crippen LogP contribution in [0.1, 0.15) is 31.4 Å². The van der Waals surface area contributed by atoms with Crippen molar-refractivity contribution in [3.8, 4) is 0 Å². The Morgan fingerprint density at radius 2 is 2.18 bits per heavy atom. The van der Waals surface area contributed by atoms with Gasteiger partial charge in [-0.25, -0.2) is 9.67 Å². The first-order valence-corrected chi connectivity index (χ1v) is 10.0. The number of benzene rings is 1. The Morgan fingerprint density at radius 3 is 2.96 bits per heavy atom. The average molecular weight is 386 g/mol. The number of guanidine groups is 1. The van der Waals surface area contributed by atoms with Gasteiger partial charge in [-0.05, 0) is 31.9 Å². The maximum Gasteiger partial charge on any atom is 0.191 e. The quantitative estimate of drug-likeness (QED) is 0.347. The third-order valence-corrected chi connectivity index (χ3v) is 4.57. The maximum absolute atomic E-state index is 5.13. The topological polar surface area (TPSA) is 88.4 Å². The molecule has 0 amide bonds. The second-order valence-electron chi connectivity index (χ2n) is 6.85. The van der Waals surface area contributed by atoms with Crippen molar-refractivity contribution in [1.82, 2.24) is 25.4 Å². The lowest BCUT2D eigenvalue weighted by Gasteiger charge is -2.25. The fourth-order valence-corrected chi connectivity index (χ4v) is 3.24. The summed E-state index contributed by atoms with van der Waals surface area (Å²) in [4.78, 5) is 9.25. The molecule has 3 N–H and O–H groups in total. The number of nitrogens with one attached hydrogen (secondary N) is 3. The lowest BCUT2D eigenvalue weighted by atomic mass is 10.1. The van der Waals surface area contributed by atoms with Gasteiger partial charge in [0.2, 0.25) is 0 Å². The van der Waals surface area contributed by atoms with Crippen LogP contribution in [0.5, 0.6) is 0 Å². The van der Waals surface area contributed by atoms with E-state index < -0.39 is 0 Å². The molecule has 1 unspecified atom stereocenters. The number of aliphatic imine (C=N–C) groups is 1. The van der Waals surface area contributed by atoms with Gasteiger partial charge in [0.05, 0.1) is 6.54 Å². The molecular formula is C20H31N7O. The van der Waals surface area contributed by atoms with Gasteiger partial charge >= 0.3 is 0 Å². The van der Waals surface area contributed by atoms with Gasteiger partial charge in [-0.3, -0.25) is 4.99 Å². The first kappa shape index (κ1) is 20.1. The van der Waals surface area contributed by atoms with Crippen LogP contribution in [0.4, 0.5) is 5.69 Å². The van der Waals surface area contributed by atoms with E-state index >= 15 is 0 Å². The predicted molar refractivity (Wildman–Crippen MR) is 112 cm³/mol. The van der Waals surface area contributed by atoms with Gasteiger partial charge in [-0.1, -0.05) is 18.2 Å². The molecule has 3 rings (SSSR count). The summed E-state index contributed by atoms with van der Waals surface area (Å²) in [6.07, 6.45) is 2.91. The molecule has 2 aromatic rings. The SMILES string of the molecule is CCNC(=NCCCNc1ccccc1)NC1CCc2nc(COC)nn2C1. The number of nitrogens with zero attached hydrogens (tertiary/aromatic N) is 4. The summed E-state index contributed by atoms with van der Waals surface area (Å²) in [5.41, 5.74) is 1.15. The Kier molecular flexibility index (Phi) is 7.66. The number of para-hydroxylation sites is 1. The number of hydrogen-bond donors (Lipinski definition) is 3. The molecule has 1 aliphatic heterocycles. The highest BCUT2D eigenvalue weighted by Gasteiger charge is 2.22. The van der Waals surface area contributed by atoms with Crippen LogP contribution in [0.2, 0.25) is 0 Å². The number of anilines is 1. The molecular weight excluding hydrogens is 354 g/mol. The first-order chi connectivity index (χ1) is 13.8. The molecule has 1 aromatic heterocycles. The van der Waals surface area contributed by atoms with Crippen molar-refractivity contribution in [3.05, 3.63) is 42.0 Å². The summed E-state index contributed by atoms with van der Waals surface area (Å²) in [5, 5.41) is 14.8. The summed E-state index contributed by atoms with van der Waals surface area (Å²) >= 11 is 0. The molecule has 8 heteroatoms. The molecule has 1 aliphatic rings. The molecule has 0 fully saturated rings. The predicted octanol–water partition coefficient (Wildman–Crippen LogP) is 1.80. The van der Waals surface area contributed by atoms with E-state index in [0.29, 0.717) is 12.6 Å². The molecule has 8 nitrogen and oxygen atoms in total. The summed E-state index contributed by atoms with van der Waals surface area (Å²) < 4.78 is 7.12. The fraction of sp³-hybridized carbons (Fsp3) is 0.550. The highest BCUT2D eigenvalue weighted by atomic mass is 16.5. The fourth-order valence-electron chi connectivity index (χ4n) is 3.24. The minimum Gasteiger partial charge on any atom is -0.385 e. The maximum atomic E-state index is 5.13. The number of rotatable bonds is 9. The third-order valence-electron chi connectivity index (χ3n) is 4.57. The number of fused-ring (bicyclic) bond motifs is 1. The third kappa shape index (κ3) is 5.95. The smallest absolute Gasteiger partial charge is 0.191 e. The van der Waals surface area contributed by atoms with Crippen LogP contribution in [-0.2, 0) is 24.3 Å². The van der Waals surface area contributed by atoms with E-state index in [1.54, 1.807) is 7.11 Å². The molecule has 1 aromatic carbocycles. The summed E-state index contributed by atoms with van der Waals surface area (Å²) in [7, 11) is 1.67. The van der Waals surface area contributed by atoms with Crippen LogP contribution in [0.3, 0.4) is 0 Å². The molecule has 0 radical (unpaired) electrons. The zero-order valence-corrected chi connectivity index (χ0v) is 16.8. The van der Waals surface area contributed by atoms with E-state index in [9.17, 15) is 0 Å². The molecule has 0 aliphatic carbocycles. The van der Waals surface area contributed by atoms with Crippen molar-refractivity contribution >= 4 is 11.6 Å². The van der Waals surface area contributed by atoms with Crippen LogP contribution in [0, 0.1) is 0 Å². The highest BCUT2D eigenvalue weighted by molar-refractivity contribution is 5.80. The lowest BCUT2D eigenvalue weighted by molar-refractivity contribution is 0.177. The number of aromatic nitrogens is 3.